The van der Waals surface area contributed by atoms with Gasteiger partial charge in [-0.1, -0.05) is 79.4 Å². The molecule has 0 aromatic heterocycles. The molecule has 2 nitrogen and oxygen atoms in total. The summed E-state index contributed by atoms with van der Waals surface area (Å²) in [4.78, 5) is 0. The van der Waals surface area contributed by atoms with Crippen molar-refractivity contribution in [2.24, 2.45) is 51.8 Å². The van der Waals surface area contributed by atoms with Gasteiger partial charge < -0.3 is 10.2 Å². The van der Waals surface area contributed by atoms with Gasteiger partial charge >= 0.3 is 0 Å². The van der Waals surface area contributed by atoms with Crippen LogP contribution in [0.4, 0.5) is 0 Å². The van der Waals surface area contributed by atoms with Crippen molar-refractivity contribution in [1.29, 1.82) is 0 Å². The third-order valence-electron chi connectivity index (χ3n) is 11.1. The second-order valence-electron chi connectivity index (χ2n) is 13.6. The maximum absolute atomic E-state index is 11.7. The molecule has 9 atom stereocenters. The van der Waals surface area contributed by atoms with Crippen LogP contribution in [-0.4, -0.2) is 22.4 Å². The molecule has 0 aromatic rings. The molecular formula is C29H50O2. The van der Waals surface area contributed by atoms with Crippen molar-refractivity contribution < 1.29 is 10.2 Å². The van der Waals surface area contributed by atoms with Crippen LogP contribution in [0.5, 0.6) is 0 Å². The molecule has 0 unspecified atom stereocenters. The molecule has 3 fully saturated rings. The Hall–Kier alpha value is -0.340. The molecule has 178 valence electrons. The zero-order chi connectivity index (χ0) is 22.8. The number of allylic oxidation sites excluding steroid dienone is 1. The third-order valence-corrected chi connectivity index (χ3v) is 11.1. The molecule has 0 radical (unpaired) electrons. The summed E-state index contributed by atoms with van der Waals surface area (Å²) in [6.07, 6.45) is 12.8. The molecule has 0 heterocycles. The summed E-state index contributed by atoms with van der Waals surface area (Å²) in [6.45, 7) is 16.6. The molecule has 4 rings (SSSR count). The van der Waals surface area contributed by atoms with Gasteiger partial charge in [0.2, 0.25) is 0 Å². The van der Waals surface area contributed by atoms with E-state index in [1.54, 1.807) is 0 Å². The Balaban J connectivity index is 1.59. The highest BCUT2D eigenvalue weighted by atomic mass is 16.3. The lowest BCUT2D eigenvalue weighted by atomic mass is 9.43. The third kappa shape index (κ3) is 3.67. The highest BCUT2D eigenvalue weighted by Gasteiger charge is 2.63. The summed E-state index contributed by atoms with van der Waals surface area (Å²) < 4.78 is 0. The van der Waals surface area contributed by atoms with Crippen LogP contribution in [0.15, 0.2) is 11.6 Å². The molecule has 0 spiro atoms. The van der Waals surface area contributed by atoms with E-state index in [2.05, 4.69) is 54.5 Å². The van der Waals surface area contributed by atoms with Gasteiger partial charge in [-0.05, 0) is 84.9 Å². The van der Waals surface area contributed by atoms with E-state index in [-0.39, 0.29) is 23.0 Å². The second-order valence-corrected chi connectivity index (χ2v) is 13.6. The minimum absolute atomic E-state index is 0.0490. The lowest BCUT2D eigenvalue weighted by Crippen LogP contribution is -2.59. The zero-order valence-corrected chi connectivity index (χ0v) is 21.5. The normalized spacial score (nSPS) is 47.4. The predicted octanol–water partition coefficient (Wildman–Crippen LogP) is 7.00. The Morgan fingerprint density at radius 3 is 2.39 bits per heavy atom. The van der Waals surface area contributed by atoms with Crippen LogP contribution in [0.25, 0.3) is 0 Å². The number of hydrogen-bond donors (Lipinski definition) is 2. The Morgan fingerprint density at radius 2 is 1.71 bits per heavy atom. The minimum Gasteiger partial charge on any atom is -0.393 e. The summed E-state index contributed by atoms with van der Waals surface area (Å²) in [7, 11) is 0. The molecule has 0 saturated heterocycles. The van der Waals surface area contributed by atoms with Crippen LogP contribution in [0.1, 0.15) is 106 Å². The highest BCUT2D eigenvalue weighted by Crippen LogP contribution is 2.68. The Bertz CT molecular complexity index is 693. The summed E-state index contributed by atoms with van der Waals surface area (Å²) in [6, 6.07) is 0. The Kier molecular flexibility index (Phi) is 6.26. The van der Waals surface area contributed by atoms with Crippen molar-refractivity contribution in [3.05, 3.63) is 11.6 Å². The van der Waals surface area contributed by atoms with E-state index in [0.29, 0.717) is 17.3 Å². The van der Waals surface area contributed by atoms with Crippen LogP contribution in [-0.2, 0) is 0 Å². The number of hydrogen-bond acceptors (Lipinski definition) is 2. The van der Waals surface area contributed by atoms with Crippen LogP contribution in [0.3, 0.4) is 0 Å². The highest BCUT2D eigenvalue weighted by molar-refractivity contribution is 5.32. The topological polar surface area (TPSA) is 40.5 Å². The largest absolute Gasteiger partial charge is 0.393 e. The summed E-state index contributed by atoms with van der Waals surface area (Å²) in [5.74, 6) is 4.07. The maximum atomic E-state index is 11.7. The fourth-order valence-electron chi connectivity index (χ4n) is 9.55. The average Bonchev–Trinajstić information content (AvgIpc) is 3.01. The van der Waals surface area contributed by atoms with E-state index in [4.69, 9.17) is 0 Å². The van der Waals surface area contributed by atoms with Crippen LogP contribution >= 0.6 is 0 Å². The monoisotopic (exact) mass is 430 g/mol. The zero-order valence-electron chi connectivity index (χ0n) is 21.5. The van der Waals surface area contributed by atoms with Crippen molar-refractivity contribution in [2.45, 2.75) is 118 Å². The van der Waals surface area contributed by atoms with Gasteiger partial charge in [-0.2, -0.15) is 0 Å². The number of aliphatic hydroxyl groups excluding tert-OH is 2. The standard InChI is InChI=1S/C29H50O2/c1-18(2)9-8-10-19(3)21-12-13-22-20-11-14-24-27(4,5)25(31)15-16-28(24,6)26(20)23(30)17-29(21,22)7/h14,18-23,25-26,30-31H,8-13,15-17H2,1-7H3/t19-,20+,21-,22+,23+,25+,26-,28+,29-/m1/s1. The van der Waals surface area contributed by atoms with Crippen LogP contribution < -0.4 is 0 Å². The smallest absolute Gasteiger partial charge is 0.0628 e. The van der Waals surface area contributed by atoms with Crippen molar-refractivity contribution in [1.82, 2.24) is 0 Å². The van der Waals surface area contributed by atoms with Crippen molar-refractivity contribution >= 4 is 0 Å². The van der Waals surface area contributed by atoms with Gasteiger partial charge in [-0.25, -0.2) is 0 Å². The van der Waals surface area contributed by atoms with Crippen molar-refractivity contribution in [2.75, 3.05) is 0 Å². The first kappa shape index (κ1) is 23.8. The van der Waals surface area contributed by atoms with E-state index in [0.717, 1.165) is 49.4 Å². The number of rotatable bonds is 5. The SMILES string of the molecule is CC(C)CCC[C@@H](C)[C@H]1CC[C@H]2[C@@H]3CC=C4C(C)(C)[C@@H](O)CC[C@]4(C)[C@H]3[C@@H](O)C[C@]12C. The van der Waals surface area contributed by atoms with Gasteiger partial charge in [0.25, 0.3) is 0 Å². The number of aliphatic hydroxyl groups is 2. The fraction of sp³-hybridized carbons (Fsp3) is 0.931. The van der Waals surface area contributed by atoms with Crippen LogP contribution in [0.2, 0.25) is 0 Å². The average molecular weight is 431 g/mol. The van der Waals surface area contributed by atoms with E-state index in [1.165, 1.54) is 37.7 Å². The molecule has 0 aromatic carbocycles. The minimum atomic E-state index is -0.253. The summed E-state index contributed by atoms with van der Waals surface area (Å²) in [5.41, 5.74) is 1.62. The first-order valence-corrected chi connectivity index (χ1v) is 13.5. The van der Waals surface area contributed by atoms with E-state index in [9.17, 15) is 10.2 Å². The maximum Gasteiger partial charge on any atom is 0.0628 e. The molecule has 2 N–H and O–H groups in total. The summed E-state index contributed by atoms with van der Waals surface area (Å²) in [5, 5.41) is 22.5. The first-order valence-electron chi connectivity index (χ1n) is 13.5. The van der Waals surface area contributed by atoms with Crippen molar-refractivity contribution in [3.8, 4) is 0 Å². The van der Waals surface area contributed by atoms with E-state index >= 15 is 0 Å². The van der Waals surface area contributed by atoms with E-state index in [1.807, 2.05) is 0 Å². The molecule has 4 aliphatic rings. The van der Waals surface area contributed by atoms with Gasteiger partial charge in [0.15, 0.2) is 0 Å². The van der Waals surface area contributed by atoms with Gasteiger partial charge in [-0.15, -0.1) is 0 Å². The molecular weight excluding hydrogens is 380 g/mol. The van der Waals surface area contributed by atoms with Gasteiger partial charge in [0.1, 0.15) is 0 Å². The summed E-state index contributed by atoms with van der Waals surface area (Å²) >= 11 is 0. The van der Waals surface area contributed by atoms with Crippen molar-refractivity contribution in [3.63, 3.8) is 0 Å². The Morgan fingerprint density at radius 1 is 1.00 bits per heavy atom. The van der Waals surface area contributed by atoms with Gasteiger partial charge in [0, 0.05) is 5.41 Å². The Labute approximate surface area is 192 Å². The lowest BCUT2D eigenvalue weighted by Gasteiger charge is -2.62. The molecule has 4 aliphatic carbocycles. The van der Waals surface area contributed by atoms with Gasteiger partial charge in [-0.3, -0.25) is 0 Å². The molecule has 0 aliphatic heterocycles. The quantitative estimate of drug-likeness (QED) is 0.461. The molecule has 31 heavy (non-hydrogen) atoms. The van der Waals surface area contributed by atoms with Gasteiger partial charge in [0.05, 0.1) is 12.2 Å². The number of fused-ring (bicyclic) bond motifs is 5. The predicted molar refractivity (Wildman–Crippen MR) is 130 cm³/mol. The first-order chi connectivity index (χ1) is 14.4. The molecule has 0 bridgehead atoms. The second kappa shape index (κ2) is 8.15. The molecule has 0 amide bonds. The fourth-order valence-corrected chi connectivity index (χ4v) is 9.55. The van der Waals surface area contributed by atoms with Crippen LogP contribution in [0, 0.1) is 51.8 Å². The lowest BCUT2D eigenvalue weighted by molar-refractivity contribution is -0.139. The molecule has 2 heteroatoms. The van der Waals surface area contributed by atoms with E-state index < -0.39 is 0 Å². The molecule has 3 saturated carbocycles.